The summed E-state index contributed by atoms with van der Waals surface area (Å²) < 4.78 is 5.88. The molecule has 2 nitrogen and oxygen atoms in total. The molecule has 1 aromatic carbocycles. The summed E-state index contributed by atoms with van der Waals surface area (Å²) in [5.74, 6) is 1.03. The lowest BCUT2D eigenvalue weighted by molar-refractivity contribution is 0.0608. The molecule has 0 radical (unpaired) electrons. The van der Waals surface area contributed by atoms with Gasteiger partial charge in [-0.1, -0.05) is 25.1 Å². The fourth-order valence-electron chi connectivity index (χ4n) is 1.82. The molecule has 1 atom stereocenters. The first-order chi connectivity index (χ1) is 6.29. The molecular weight excluding hydrogens is 162 g/mol. The van der Waals surface area contributed by atoms with Gasteiger partial charge in [0.25, 0.3) is 0 Å². The Morgan fingerprint density at radius 2 is 2.23 bits per heavy atom. The number of rotatable bonds is 2. The van der Waals surface area contributed by atoms with Crippen LogP contribution in [-0.4, -0.2) is 12.8 Å². The SMILES string of the molecule is CCC1(NC)Cc2ccccc2O1. The van der Waals surface area contributed by atoms with Crippen LogP contribution in [-0.2, 0) is 6.42 Å². The number of hydrogen-bond donors (Lipinski definition) is 1. The number of likely N-dealkylation sites (N-methyl/N-ethyl adjacent to an activating group) is 1. The lowest BCUT2D eigenvalue weighted by Crippen LogP contribution is -2.46. The number of ether oxygens (including phenoxy) is 1. The largest absolute Gasteiger partial charge is 0.472 e. The molecule has 2 rings (SSSR count). The number of fused-ring (bicyclic) bond motifs is 1. The van der Waals surface area contributed by atoms with Gasteiger partial charge in [0.05, 0.1) is 0 Å². The van der Waals surface area contributed by atoms with Crippen LogP contribution in [0.4, 0.5) is 0 Å². The fourth-order valence-corrected chi connectivity index (χ4v) is 1.82. The van der Waals surface area contributed by atoms with Gasteiger partial charge in [0, 0.05) is 6.42 Å². The van der Waals surface area contributed by atoms with E-state index in [0.717, 1.165) is 18.6 Å². The van der Waals surface area contributed by atoms with Gasteiger partial charge in [-0.05, 0) is 25.1 Å². The predicted molar refractivity (Wildman–Crippen MR) is 52.9 cm³/mol. The molecule has 0 amide bonds. The Balaban J connectivity index is 2.30. The lowest BCUT2D eigenvalue weighted by atomic mass is 10.0. The predicted octanol–water partition coefficient (Wildman–Crippen LogP) is 1.95. The van der Waals surface area contributed by atoms with Crippen molar-refractivity contribution in [1.29, 1.82) is 0 Å². The van der Waals surface area contributed by atoms with Crippen molar-refractivity contribution in [1.82, 2.24) is 5.32 Å². The molecule has 1 unspecified atom stereocenters. The average Bonchev–Trinajstić information content (AvgIpc) is 2.57. The molecule has 0 aliphatic carbocycles. The minimum atomic E-state index is -0.163. The highest BCUT2D eigenvalue weighted by Crippen LogP contribution is 2.34. The first-order valence-electron chi connectivity index (χ1n) is 4.75. The highest BCUT2D eigenvalue weighted by Gasteiger charge is 2.35. The smallest absolute Gasteiger partial charge is 0.164 e. The Morgan fingerprint density at radius 3 is 2.85 bits per heavy atom. The van der Waals surface area contributed by atoms with Gasteiger partial charge in [0.15, 0.2) is 5.72 Å². The van der Waals surface area contributed by atoms with E-state index in [2.05, 4.69) is 24.4 Å². The van der Waals surface area contributed by atoms with Crippen molar-refractivity contribution in [3.63, 3.8) is 0 Å². The van der Waals surface area contributed by atoms with Gasteiger partial charge in [-0.3, -0.25) is 5.32 Å². The second-order valence-corrected chi connectivity index (χ2v) is 3.48. The molecule has 2 heteroatoms. The van der Waals surface area contributed by atoms with Gasteiger partial charge in [0.2, 0.25) is 0 Å². The van der Waals surface area contributed by atoms with Crippen molar-refractivity contribution in [3.8, 4) is 5.75 Å². The van der Waals surface area contributed by atoms with Crippen LogP contribution in [0.15, 0.2) is 24.3 Å². The molecule has 0 spiro atoms. The molecule has 1 heterocycles. The second kappa shape index (κ2) is 3.04. The first kappa shape index (κ1) is 8.57. The zero-order valence-electron chi connectivity index (χ0n) is 8.13. The van der Waals surface area contributed by atoms with Crippen molar-refractivity contribution in [2.24, 2.45) is 0 Å². The van der Waals surface area contributed by atoms with E-state index in [1.807, 2.05) is 19.2 Å². The minimum Gasteiger partial charge on any atom is -0.472 e. The zero-order chi connectivity index (χ0) is 9.31. The van der Waals surface area contributed by atoms with E-state index in [0.29, 0.717) is 0 Å². The molecule has 0 saturated heterocycles. The molecule has 1 aliphatic rings. The van der Waals surface area contributed by atoms with Gasteiger partial charge in [-0.2, -0.15) is 0 Å². The van der Waals surface area contributed by atoms with Gasteiger partial charge >= 0.3 is 0 Å². The van der Waals surface area contributed by atoms with Crippen LogP contribution in [0.2, 0.25) is 0 Å². The fraction of sp³-hybridized carbons (Fsp3) is 0.455. The molecule has 1 aromatic rings. The summed E-state index contributed by atoms with van der Waals surface area (Å²) >= 11 is 0. The third-order valence-corrected chi connectivity index (χ3v) is 2.78. The Bertz CT molecular complexity index is 278. The molecule has 1 N–H and O–H groups in total. The molecule has 0 aromatic heterocycles. The van der Waals surface area contributed by atoms with Gasteiger partial charge in [-0.15, -0.1) is 0 Å². The molecule has 0 fully saturated rings. The summed E-state index contributed by atoms with van der Waals surface area (Å²) in [4.78, 5) is 0. The van der Waals surface area contributed by atoms with E-state index < -0.39 is 0 Å². The maximum absolute atomic E-state index is 5.88. The summed E-state index contributed by atoms with van der Waals surface area (Å²) in [5, 5.41) is 3.25. The maximum Gasteiger partial charge on any atom is 0.164 e. The van der Waals surface area contributed by atoms with E-state index in [1.165, 1.54) is 5.56 Å². The van der Waals surface area contributed by atoms with Crippen LogP contribution in [0.5, 0.6) is 5.75 Å². The van der Waals surface area contributed by atoms with Crippen LogP contribution in [0.1, 0.15) is 18.9 Å². The van der Waals surface area contributed by atoms with E-state index in [4.69, 9.17) is 4.74 Å². The van der Waals surface area contributed by atoms with Crippen LogP contribution in [0.25, 0.3) is 0 Å². The van der Waals surface area contributed by atoms with Crippen molar-refractivity contribution in [3.05, 3.63) is 29.8 Å². The maximum atomic E-state index is 5.88. The molecule has 0 bridgehead atoms. The summed E-state index contributed by atoms with van der Waals surface area (Å²) in [5.41, 5.74) is 1.14. The summed E-state index contributed by atoms with van der Waals surface area (Å²) in [6, 6.07) is 8.23. The number of nitrogens with one attached hydrogen (secondary N) is 1. The topological polar surface area (TPSA) is 21.3 Å². The number of hydrogen-bond acceptors (Lipinski definition) is 2. The van der Waals surface area contributed by atoms with Crippen LogP contribution < -0.4 is 10.1 Å². The van der Waals surface area contributed by atoms with Crippen LogP contribution in [0.3, 0.4) is 0 Å². The van der Waals surface area contributed by atoms with Crippen LogP contribution in [0, 0.1) is 0 Å². The Hall–Kier alpha value is -1.02. The van der Waals surface area contributed by atoms with Gasteiger partial charge in [0.1, 0.15) is 5.75 Å². The van der Waals surface area contributed by atoms with E-state index >= 15 is 0 Å². The first-order valence-corrected chi connectivity index (χ1v) is 4.75. The standard InChI is InChI=1S/C11H15NO/c1-3-11(12-2)8-9-6-4-5-7-10(9)13-11/h4-7,12H,3,8H2,1-2H3. The summed E-state index contributed by atoms with van der Waals surface area (Å²) in [6.07, 6.45) is 1.95. The van der Waals surface area contributed by atoms with Crippen molar-refractivity contribution < 1.29 is 4.74 Å². The normalized spacial score (nSPS) is 25.4. The monoisotopic (exact) mass is 177 g/mol. The Labute approximate surface area is 78.9 Å². The lowest BCUT2D eigenvalue weighted by Gasteiger charge is -2.26. The molecular formula is C11H15NO. The van der Waals surface area contributed by atoms with Crippen LogP contribution >= 0.6 is 0 Å². The highest BCUT2D eigenvalue weighted by molar-refractivity contribution is 5.38. The quantitative estimate of drug-likeness (QED) is 0.745. The number of benzene rings is 1. The van der Waals surface area contributed by atoms with Gasteiger partial charge < -0.3 is 4.74 Å². The molecule has 1 aliphatic heterocycles. The van der Waals surface area contributed by atoms with E-state index in [-0.39, 0.29) is 5.72 Å². The third-order valence-electron chi connectivity index (χ3n) is 2.78. The Kier molecular flexibility index (Phi) is 2.00. The summed E-state index contributed by atoms with van der Waals surface area (Å²) in [7, 11) is 1.95. The van der Waals surface area contributed by atoms with Crippen molar-refractivity contribution in [2.45, 2.75) is 25.5 Å². The molecule has 0 saturated carbocycles. The van der Waals surface area contributed by atoms with Crippen molar-refractivity contribution in [2.75, 3.05) is 7.05 Å². The zero-order valence-corrected chi connectivity index (χ0v) is 8.13. The van der Waals surface area contributed by atoms with Gasteiger partial charge in [-0.25, -0.2) is 0 Å². The second-order valence-electron chi connectivity index (χ2n) is 3.48. The molecule has 13 heavy (non-hydrogen) atoms. The molecule has 70 valence electrons. The third kappa shape index (κ3) is 1.31. The Morgan fingerprint density at radius 1 is 1.46 bits per heavy atom. The van der Waals surface area contributed by atoms with E-state index in [1.54, 1.807) is 0 Å². The number of para-hydroxylation sites is 1. The average molecular weight is 177 g/mol. The summed E-state index contributed by atoms with van der Waals surface area (Å²) in [6.45, 7) is 2.14. The minimum absolute atomic E-state index is 0.163. The van der Waals surface area contributed by atoms with E-state index in [9.17, 15) is 0 Å². The van der Waals surface area contributed by atoms with Crippen molar-refractivity contribution >= 4 is 0 Å². The highest BCUT2D eigenvalue weighted by atomic mass is 16.5.